The van der Waals surface area contributed by atoms with E-state index in [0.29, 0.717) is 21.3 Å². The Morgan fingerprint density at radius 2 is 1.76 bits per heavy atom. The fraction of sp³-hybridized carbons (Fsp3) is 0.105. The van der Waals surface area contributed by atoms with E-state index in [1.807, 2.05) is 49.4 Å². The zero-order chi connectivity index (χ0) is 17.8. The summed E-state index contributed by atoms with van der Waals surface area (Å²) in [4.78, 5) is 28.5. The highest BCUT2D eigenvalue weighted by atomic mass is 32.1. The average molecular weight is 352 g/mol. The van der Waals surface area contributed by atoms with Gasteiger partial charge in [0.05, 0.1) is 12.1 Å². The van der Waals surface area contributed by atoms with Gasteiger partial charge in [0.15, 0.2) is 5.13 Å². The maximum atomic E-state index is 12.3. The maximum absolute atomic E-state index is 12.3. The number of aromatic nitrogens is 1. The molecule has 0 spiro atoms. The number of carbonyl (C=O) groups is 2. The van der Waals surface area contributed by atoms with Gasteiger partial charge in [0.25, 0.3) is 5.91 Å². The molecular weight excluding hydrogens is 336 g/mol. The number of aliphatic carboxylic acids is 1. The predicted octanol–water partition coefficient (Wildman–Crippen LogP) is 4.00. The van der Waals surface area contributed by atoms with Crippen molar-refractivity contribution in [3.8, 4) is 11.3 Å². The minimum atomic E-state index is -0.933. The molecule has 6 heteroatoms. The van der Waals surface area contributed by atoms with Crippen LogP contribution < -0.4 is 5.32 Å². The lowest BCUT2D eigenvalue weighted by Crippen LogP contribution is -2.11. The monoisotopic (exact) mass is 352 g/mol. The van der Waals surface area contributed by atoms with Crippen molar-refractivity contribution < 1.29 is 14.7 Å². The van der Waals surface area contributed by atoms with Gasteiger partial charge >= 0.3 is 5.97 Å². The summed E-state index contributed by atoms with van der Waals surface area (Å²) in [7, 11) is 0. The van der Waals surface area contributed by atoms with Gasteiger partial charge in [0.1, 0.15) is 0 Å². The van der Waals surface area contributed by atoms with Crippen molar-refractivity contribution in [2.24, 2.45) is 0 Å². The Morgan fingerprint density at radius 3 is 2.40 bits per heavy atom. The summed E-state index contributed by atoms with van der Waals surface area (Å²) < 4.78 is 0. The predicted molar refractivity (Wildman–Crippen MR) is 98.0 cm³/mol. The highest BCUT2D eigenvalue weighted by Gasteiger charge is 2.17. The smallest absolute Gasteiger partial charge is 0.308 e. The number of hydrogen-bond acceptors (Lipinski definition) is 4. The Labute approximate surface area is 149 Å². The Hall–Kier alpha value is -2.99. The lowest BCUT2D eigenvalue weighted by atomic mass is 10.1. The number of rotatable bonds is 5. The molecule has 3 rings (SSSR count). The van der Waals surface area contributed by atoms with Crippen molar-refractivity contribution in [1.82, 2.24) is 4.98 Å². The zero-order valence-corrected chi connectivity index (χ0v) is 14.3. The van der Waals surface area contributed by atoms with Crippen molar-refractivity contribution in [3.63, 3.8) is 0 Å². The number of carbonyl (C=O) groups excluding carboxylic acids is 1. The first-order valence-corrected chi connectivity index (χ1v) is 8.49. The van der Waals surface area contributed by atoms with Gasteiger partial charge in [-0.1, -0.05) is 48.0 Å². The minimum absolute atomic E-state index is 0.137. The summed E-state index contributed by atoms with van der Waals surface area (Å²) in [6.45, 7) is 1.95. The molecule has 1 amide bonds. The van der Waals surface area contributed by atoms with Crippen LogP contribution in [0.4, 0.5) is 5.13 Å². The second kappa shape index (κ2) is 7.27. The number of thiazole rings is 1. The summed E-state index contributed by atoms with van der Waals surface area (Å²) in [5.41, 5.74) is 3.01. The fourth-order valence-corrected chi connectivity index (χ4v) is 3.33. The zero-order valence-electron chi connectivity index (χ0n) is 13.5. The van der Waals surface area contributed by atoms with E-state index < -0.39 is 5.97 Å². The molecule has 5 nitrogen and oxygen atoms in total. The second-order valence-electron chi connectivity index (χ2n) is 5.55. The van der Waals surface area contributed by atoms with Crippen LogP contribution >= 0.6 is 11.3 Å². The lowest BCUT2D eigenvalue weighted by Gasteiger charge is -2.02. The van der Waals surface area contributed by atoms with Gasteiger partial charge in [-0.2, -0.15) is 0 Å². The molecule has 126 valence electrons. The van der Waals surface area contributed by atoms with E-state index in [9.17, 15) is 9.59 Å². The normalized spacial score (nSPS) is 10.4. The third-order valence-electron chi connectivity index (χ3n) is 3.59. The highest BCUT2D eigenvalue weighted by molar-refractivity contribution is 7.16. The van der Waals surface area contributed by atoms with Crippen molar-refractivity contribution in [1.29, 1.82) is 0 Å². The number of anilines is 1. The molecule has 2 N–H and O–H groups in total. The van der Waals surface area contributed by atoms with Crippen molar-refractivity contribution >= 4 is 28.3 Å². The standard InChI is InChI=1S/C19H16N2O3S/c1-12-7-9-14(10-8-12)18(24)21-19-20-17(13-5-3-2-4-6-13)15(25-19)11-16(22)23/h2-10H,11H2,1H3,(H,22,23)(H,20,21,24). The van der Waals surface area contributed by atoms with E-state index in [0.717, 1.165) is 11.1 Å². The van der Waals surface area contributed by atoms with E-state index in [1.165, 1.54) is 11.3 Å². The van der Waals surface area contributed by atoms with E-state index in [2.05, 4.69) is 10.3 Å². The number of benzene rings is 2. The number of aryl methyl sites for hydroxylation is 1. The number of hydrogen-bond donors (Lipinski definition) is 2. The highest BCUT2D eigenvalue weighted by Crippen LogP contribution is 2.31. The van der Waals surface area contributed by atoms with Gasteiger partial charge in [-0.3, -0.25) is 14.9 Å². The van der Waals surface area contributed by atoms with Crippen LogP contribution in [-0.2, 0) is 11.2 Å². The van der Waals surface area contributed by atoms with Crippen LogP contribution in [0.2, 0.25) is 0 Å². The molecule has 0 aliphatic rings. The minimum Gasteiger partial charge on any atom is -0.481 e. The van der Waals surface area contributed by atoms with Crippen molar-refractivity contribution in [2.45, 2.75) is 13.3 Å². The second-order valence-corrected chi connectivity index (χ2v) is 6.63. The van der Waals surface area contributed by atoms with Crippen molar-refractivity contribution in [2.75, 3.05) is 5.32 Å². The lowest BCUT2D eigenvalue weighted by molar-refractivity contribution is -0.136. The van der Waals surface area contributed by atoms with Crippen LogP contribution in [0.15, 0.2) is 54.6 Å². The molecule has 2 aromatic carbocycles. The molecule has 1 heterocycles. The Kier molecular flexibility index (Phi) is 4.90. The number of carboxylic acids is 1. The van der Waals surface area contributed by atoms with Crippen LogP contribution in [0.5, 0.6) is 0 Å². The first kappa shape index (κ1) is 16.9. The summed E-state index contributed by atoms with van der Waals surface area (Å²) in [6.07, 6.45) is -0.137. The van der Waals surface area contributed by atoms with Gasteiger partial charge in [-0.15, -0.1) is 11.3 Å². The molecule has 0 unspecified atom stereocenters. The van der Waals surface area contributed by atoms with Crippen LogP contribution in [-0.4, -0.2) is 22.0 Å². The van der Waals surface area contributed by atoms with Gasteiger partial charge in [0.2, 0.25) is 0 Å². The SMILES string of the molecule is Cc1ccc(C(=O)Nc2nc(-c3ccccc3)c(CC(=O)O)s2)cc1. The van der Waals surface area contributed by atoms with E-state index in [4.69, 9.17) is 5.11 Å². The van der Waals surface area contributed by atoms with Crippen LogP contribution in [0, 0.1) is 6.92 Å². The summed E-state index contributed by atoms with van der Waals surface area (Å²) >= 11 is 1.18. The van der Waals surface area contributed by atoms with Gasteiger partial charge in [0, 0.05) is 16.0 Å². The van der Waals surface area contributed by atoms with E-state index in [-0.39, 0.29) is 12.3 Å². The first-order chi connectivity index (χ1) is 12.0. The molecule has 1 aromatic heterocycles. The van der Waals surface area contributed by atoms with Gasteiger partial charge < -0.3 is 5.11 Å². The topological polar surface area (TPSA) is 79.3 Å². The van der Waals surface area contributed by atoms with Crippen LogP contribution in [0.3, 0.4) is 0 Å². The molecule has 0 aliphatic carbocycles. The molecule has 0 fully saturated rings. The summed E-state index contributed by atoms with van der Waals surface area (Å²) in [5.74, 6) is -1.20. The summed E-state index contributed by atoms with van der Waals surface area (Å²) in [6, 6.07) is 16.6. The first-order valence-electron chi connectivity index (χ1n) is 7.68. The number of amides is 1. The number of nitrogens with zero attached hydrogens (tertiary/aromatic N) is 1. The average Bonchev–Trinajstić information content (AvgIpc) is 2.97. The largest absolute Gasteiger partial charge is 0.481 e. The number of carboxylic acid groups (broad SMARTS) is 1. The molecule has 0 radical (unpaired) electrons. The molecular formula is C19H16N2O3S. The third-order valence-corrected chi connectivity index (χ3v) is 4.56. The summed E-state index contributed by atoms with van der Waals surface area (Å²) in [5, 5.41) is 12.3. The quantitative estimate of drug-likeness (QED) is 0.727. The molecule has 0 aliphatic heterocycles. The molecule has 3 aromatic rings. The molecule has 0 saturated carbocycles. The Balaban J connectivity index is 1.89. The van der Waals surface area contributed by atoms with Gasteiger partial charge in [-0.25, -0.2) is 4.98 Å². The van der Waals surface area contributed by atoms with Crippen LogP contribution in [0.25, 0.3) is 11.3 Å². The van der Waals surface area contributed by atoms with Gasteiger partial charge in [-0.05, 0) is 19.1 Å². The van der Waals surface area contributed by atoms with E-state index in [1.54, 1.807) is 12.1 Å². The van der Waals surface area contributed by atoms with Crippen LogP contribution in [0.1, 0.15) is 20.8 Å². The van der Waals surface area contributed by atoms with E-state index >= 15 is 0 Å². The fourth-order valence-electron chi connectivity index (χ4n) is 2.36. The third kappa shape index (κ3) is 4.10. The molecule has 0 atom stereocenters. The molecule has 0 bridgehead atoms. The van der Waals surface area contributed by atoms with Crippen molar-refractivity contribution in [3.05, 3.63) is 70.6 Å². The molecule has 25 heavy (non-hydrogen) atoms. The number of nitrogens with one attached hydrogen (secondary N) is 1. The Morgan fingerprint density at radius 1 is 1.08 bits per heavy atom. The Bertz CT molecular complexity index is 902. The molecule has 0 saturated heterocycles. The maximum Gasteiger partial charge on any atom is 0.308 e.